The summed E-state index contributed by atoms with van der Waals surface area (Å²) in [5.41, 5.74) is 3.02. The maximum atomic E-state index is 12.9. The number of amides is 1. The number of halogens is 1. The summed E-state index contributed by atoms with van der Waals surface area (Å²) in [6.07, 6.45) is 1.12. The number of sulfonamides is 1. The van der Waals surface area contributed by atoms with Gasteiger partial charge in [0, 0.05) is 23.4 Å². The molecule has 4 rings (SSSR count). The molecule has 0 fully saturated rings. The number of rotatable bonds is 10. The quantitative estimate of drug-likeness (QED) is 0.244. The zero-order valence-corrected chi connectivity index (χ0v) is 22.5. The summed E-state index contributed by atoms with van der Waals surface area (Å²) in [5.74, 6) is 0.629. The predicted molar refractivity (Wildman–Crippen MR) is 151 cm³/mol. The Kier molecular flexibility index (Phi) is 8.68. The van der Waals surface area contributed by atoms with Crippen molar-refractivity contribution in [2.24, 2.45) is 0 Å². The number of hydrogen-bond donors (Lipinski definition) is 1. The first-order valence-electron chi connectivity index (χ1n) is 11.7. The number of benzene rings is 4. The normalized spacial score (nSPS) is 11.1. The molecule has 0 radical (unpaired) electrons. The molecule has 7 nitrogen and oxygen atoms in total. The van der Waals surface area contributed by atoms with Crippen LogP contribution in [-0.2, 0) is 27.9 Å². The van der Waals surface area contributed by atoms with Crippen LogP contribution in [0.25, 0.3) is 0 Å². The van der Waals surface area contributed by atoms with Gasteiger partial charge in [0.1, 0.15) is 5.75 Å². The molecule has 0 unspecified atom stereocenters. The van der Waals surface area contributed by atoms with Gasteiger partial charge < -0.3 is 14.8 Å². The van der Waals surface area contributed by atoms with Gasteiger partial charge in [-0.3, -0.25) is 9.10 Å². The minimum Gasteiger partial charge on any atom is -0.455 e. The van der Waals surface area contributed by atoms with Gasteiger partial charge in [-0.15, -0.1) is 0 Å². The predicted octanol–water partition coefficient (Wildman–Crippen LogP) is 6.50. The molecule has 196 valence electrons. The first kappa shape index (κ1) is 27.2. The topological polar surface area (TPSA) is 84.9 Å². The zero-order valence-electron chi connectivity index (χ0n) is 20.9. The monoisotopic (exact) mass is 550 g/mol. The van der Waals surface area contributed by atoms with Gasteiger partial charge in [0.25, 0.3) is 5.91 Å². The molecule has 0 atom stereocenters. The van der Waals surface area contributed by atoms with E-state index < -0.39 is 10.0 Å². The largest absolute Gasteiger partial charge is 0.455 e. The van der Waals surface area contributed by atoms with Crippen molar-refractivity contribution in [1.29, 1.82) is 0 Å². The lowest BCUT2D eigenvalue weighted by molar-refractivity contribution is 0.102. The summed E-state index contributed by atoms with van der Waals surface area (Å²) in [7, 11) is -2.11. The highest BCUT2D eigenvalue weighted by Crippen LogP contribution is 2.36. The summed E-state index contributed by atoms with van der Waals surface area (Å²) in [6, 6.07) is 28.1. The van der Waals surface area contributed by atoms with Gasteiger partial charge in [0.2, 0.25) is 10.0 Å². The summed E-state index contributed by atoms with van der Waals surface area (Å²) in [6.45, 7) is 0.464. The zero-order chi connectivity index (χ0) is 27.1. The summed E-state index contributed by atoms with van der Waals surface area (Å²) in [5, 5.41) is 3.24. The first-order chi connectivity index (χ1) is 18.2. The lowest BCUT2D eigenvalue weighted by Gasteiger charge is -2.25. The first-order valence-corrected chi connectivity index (χ1v) is 13.9. The van der Waals surface area contributed by atoms with E-state index in [0.717, 1.165) is 11.8 Å². The fourth-order valence-corrected chi connectivity index (χ4v) is 4.85. The summed E-state index contributed by atoms with van der Waals surface area (Å²) < 4.78 is 38.1. The molecule has 0 aliphatic rings. The second-order valence-corrected chi connectivity index (χ2v) is 10.9. The van der Waals surface area contributed by atoms with E-state index in [4.69, 9.17) is 21.1 Å². The van der Waals surface area contributed by atoms with Crippen LogP contribution in [0.1, 0.15) is 21.5 Å². The SMILES string of the molecule is COCc1cccc(NC(=O)c2ccc(CN(c3cc(Cl)ccc3Oc3ccccc3)S(C)(=O)=O)cc2)c1. The Bertz CT molecular complexity index is 1510. The van der Waals surface area contributed by atoms with Gasteiger partial charge in [-0.1, -0.05) is 54.1 Å². The third-order valence-electron chi connectivity index (χ3n) is 5.60. The number of para-hydroxylation sites is 1. The fourth-order valence-electron chi connectivity index (χ4n) is 3.80. The van der Waals surface area contributed by atoms with Crippen LogP contribution in [0.15, 0.2) is 97.1 Å². The smallest absolute Gasteiger partial charge is 0.255 e. The van der Waals surface area contributed by atoms with Crippen LogP contribution in [0.4, 0.5) is 11.4 Å². The number of nitrogens with zero attached hydrogens (tertiary/aromatic N) is 1. The van der Waals surface area contributed by atoms with Crippen LogP contribution in [0.2, 0.25) is 5.02 Å². The molecule has 0 spiro atoms. The third-order valence-corrected chi connectivity index (χ3v) is 6.96. The van der Waals surface area contributed by atoms with Gasteiger partial charge in [-0.2, -0.15) is 0 Å². The standard InChI is InChI=1S/C29H27ClN2O5S/c1-36-20-22-7-6-8-25(17-22)31-29(33)23-13-11-21(12-14-23)19-32(38(2,34)35)27-18-24(30)15-16-28(27)37-26-9-4-3-5-10-26/h3-18H,19-20H2,1-2H3,(H,31,33). The van der Waals surface area contributed by atoms with E-state index >= 15 is 0 Å². The fraction of sp³-hybridized carbons (Fsp3) is 0.138. The van der Waals surface area contributed by atoms with E-state index in [9.17, 15) is 13.2 Å². The number of hydrogen-bond acceptors (Lipinski definition) is 5. The maximum absolute atomic E-state index is 12.9. The molecule has 0 aromatic heterocycles. The van der Waals surface area contributed by atoms with E-state index in [1.165, 1.54) is 4.31 Å². The Morgan fingerprint density at radius 3 is 2.32 bits per heavy atom. The Morgan fingerprint density at radius 1 is 0.895 bits per heavy atom. The summed E-state index contributed by atoms with van der Waals surface area (Å²) >= 11 is 6.24. The lowest BCUT2D eigenvalue weighted by Crippen LogP contribution is -2.29. The highest BCUT2D eigenvalue weighted by atomic mass is 35.5. The average Bonchev–Trinajstić information content (AvgIpc) is 2.89. The number of nitrogens with one attached hydrogen (secondary N) is 1. The highest BCUT2D eigenvalue weighted by molar-refractivity contribution is 7.92. The van der Waals surface area contributed by atoms with E-state index in [1.54, 1.807) is 67.8 Å². The molecule has 1 amide bonds. The lowest BCUT2D eigenvalue weighted by atomic mass is 10.1. The minimum atomic E-state index is -3.72. The van der Waals surface area contributed by atoms with Crippen molar-refractivity contribution in [3.63, 3.8) is 0 Å². The van der Waals surface area contributed by atoms with Gasteiger partial charge in [0.05, 0.1) is 25.1 Å². The molecular weight excluding hydrogens is 524 g/mol. The molecular formula is C29H27ClN2O5S. The molecule has 0 aliphatic heterocycles. The molecule has 0 saturated heterocycles. The van der Waals surface area contributed by atoms with Crippen LogP contribution < -0.4 is 14.4 Å². The van der Waals surface area contributed by atoms with Crippen molar-refractivity contribution in [3.8, 4) is 11.5 Å². The molecule has 4 aromatic carbocycles. The summed E-state index contributed by atoms with van der Waals surface area (Å²) in [4.78, 5) is 12.8. The Morgan fingerprint density at radius 2 is 1.63 bits per heavy atom. The van der Waals surface area contributed by atoms with Crippen LogP contribution in [0.5, 0.6) is 11.5 Å². The average molecular weight is 551 g/mol. The van der Waals surface area contributed by atoms with Crippen molar-refractivity contribution in [3.05, 3.63) is 119 Å². The minimum absolute atomic E-state index is 0.0191. The number of carbonyl (C=O) groups is 1. The molecule has 0 saturated carbocycles. The van der Waals surface area contributed by atoms with Crippen LogP contribution in [-0.4, -0.2) is 27.7 Å². The maximum Gasteiger partial charge on any atom is 0.255 e. The van der Waals surface area contributed by atoms with Crippen molar-refractivity contribution in [2.45, 2.75) is 13.2 Å². The molecule has 1 N–H and O–H groups in total. The molecule has 0 aliphatic carbocycles. The van der Waals surface area contributed by atoms with Gasteiger partial charge >= 0.3 is 0 Å². The van der Waals surface area contributed by atoms with E-state index in [2.05, 4.69) is 5.32 Å². The Balaban J connectivity index is 1.55. The molecule has 4 aromatic rings. The molecule has 0 heterocycles. The van der Waals surface area contributed by atoms with Crippen LogP contribution in [0, 0.1) is 0 Å². The number of carbonyl (C=O) groups excluding carboxylic acids is 1. The molecule has 0 bridgehead atoms. The van der Waals surface area contributed by atoms with Crippen LogP contribution in [0.3, 0.4) is 0 Å². The van der Waals surface area contributed by atoms with E-state index in [0.29, 0.717) is 45.6 Å². The molecule has 9 heteroatoms. The van der Waals surface area contributed by atoms with E-state index in [1.807, 2.05) is 36.4 Å². The number of anilines is 2. The van der Waals surface area contributed by atoms with Gasteiger partial charge in [-0.05, 0) is 65.7 Å². The van der Waals surface area contributed by atoms with Crippen molar-refractivity contribution < 1.29 is 22.7 Å². The Hall–Kier alpha value is -3.85. The van der Waals surface area contributed by atoms with E-state index in [-0.39, 0.29) is 12.5 Å². The van der Waals surface area contributed by atoms with Gasteiger partial charge in [0.15, 0.2) is 5.75 Å². The van der Waals surface area contributed by atoms with Crippen molar-refractivity contribution >= 4 is 38.9 Å². The second kappa shape index (κ2) is 12.1. The molecule has 38 heavy (non-hydrogen) atoms. The van der Waals surface area contributed by atoms with Crippen molar-refractivity contribution in [1.82, 2.24) is 0 Å². The Labute approximate surface area is 227 Å². The third kappa shape index (κ3) is 7.13. The van der Waals surface area contributed by atoms with Crippen LogP contribution >= 0.6 is 11.6 Å². The highest BCUT2D eigenvalue weighted by Gasteiger charge is 2.23. The van der Waals surface area contributed by atoms with Crippen molar-refractivity contribution in [2.75, 3.05) is 23.0 Å². The second-order valence-electron chi connectivity index (χ2n) is 8.58. The number of methoxy groups -OCH3 is 1. The number of ether oxygens (including phenoxy) is 2. The van der Waals surface area contributed by atoms with Gasteiger partial charge in [-0.25, -0.2) is 8.42 Å².